The summed E-state index contributed by atoms with van der Waals surface area (Å²) < 4.78 is 0. The van der Waals surface area contributed by atoms with Gasteiger partial charge in [-0.15, -0.1) is 11.3 Å². The van der Waals surface area contributed by atoms with E-state index in [4.69, 9.17) is 11.6 Å². The number of fused-ring (bicyclic) bond motifs is 3. The van der Waals surface area contributed by atoms with Crippen LogP contribution < -0.4 is 5.32 Å². The van der Waals surface area contributed by atoms with E-state index >= 15 is 0 Å². The summed E-state index contributed by atoms with van der Waals surface area (Å²) in [6, 6.07) is 16.8. The third kappa shape index (κ3) is 3.63. The van der Waals surface area contributed by atoms with Crippen LogP contribution in [0.2, 0.25) is 5.02 Å². The number of benzene rings is 2. The number of rotatable bonds is 7. The quantitative estimate of drug-likeness (QED) is 0.420. The molecule has 4 rings (SSSR count). The highest BCUT2D eigenvalue weighted by Crippen LogP contribution is 2.43. The molecule has 146 valence electrons. The van der Waals surface area contributed by atoms with Crippen molar-refractivity contribution in [3.63, 3.8) is 0 Å². The molecule has 3 nitrogen and oxygen atoms in total. The van der Waals surface area contributed by atoms with Gasteiger partial charge in [-0.25, -0.2) is 0 Å². The molecule has 1 aromatic heterocycles. The Morgan fingerprint density at radius 3 is 2.64 bits per heavy atom. The lowest BCUT2D eigenvalue weighted by Crippen LogP contribution is -2.50. The van der Waals surface area contributed by atoms with Gasteiger partial charge >= 0.3 is 0 Å². The van der Waals surface area contributed by atoms with E-state index in [1.165, 1.54) is 32.7 Å². The zero-order chi connectivity index (χ0) is 19.7. The summed E-state index contributed by atoms with van der Waals surface area (Å²) in [5, 5.41) is 25.6. The first-order chi connectivity index (χ1) is 13.5. The standard InChI is InChI=1S/C23H24ClNO2S/c1-23(13-26,14-27)25-12-21(22-6-3-9-28-22)18-5-2-4-17-19-11-16(24)8-7-15(19)10-20(17)18/h2-9,11,21,25-27H,10,12-14H2,1H3. The van der Waals surface area contributed by atoms with E-state index < -0.39 is 5.54 Å². The summed E-state index contributed by atoms with van der Waals surface area (Å²) in [6.45, 7) is 2.26. The molecule has 1 heterocycles. The van der Waals surface area contributed by atoms with Crippen LogP contribution in [0.15, 0.2) is 53.9 Å². The summed E-state index contributed by atoms with van der Waals surface area (Å²) in [7, 11) is 0. The number of thiophene rings is 1. The Bertz CT molecular complexity index is 967. The molecule has 1 atom stereocenters. The molecule has 0 saturated carbocycles. The first-order valence-corrected chi connectivity index (χ1v) is 10.7. The van der Waals surface area contributed by atoms with Crippen molar-refractivity contribution in [1.29, 1.82) is 0 Å². The fraction of sp³-hybridized carbons (Fsp3) is 0.304. The predicted molar refractivity (Wildman–Crippen MR) is 116 cm³/mol. The molecular weight excluding hydrogens is 390 g/mol. The van der Waals surface area contributed by atoms with Gasteiger partial charge in [0.05, 0.1) is 18.8 Å². The van der Waals surface area contributed by atoms with E-state index in [2.05, 4.69) is 53.2 Å². The van der Waals surface area contributed by atoms with Crippen molar-refractivity contribution in [3.8, 4) is 11.1 Å². The van der Waals surface area contributed by atoms with Gasteiger partial charge in [-0.2, -0.15) is 0 Å². The zero-order valence-corrected chi connectivity index (χ0v) is 17.4. The van der Waals surface area contributed by atoms with E-state index in [1.54, 1.807) is 11.3 Å². The molecule has 0 radical (unpaired) electrons. The number of hydrogen-bond donors (Lipinski definition) is 3. The molecule has 5 heteroatoms. The molecule has 0 amide bonds. The Hall–Kier alpha value is -1.69. The number of aliphatic hydroxyl groups is 2. The summed E-state index contributed by atoms with van der Waals surface area (Å²) in [5.74, 6) is 0.150. The van der Waals surface area contributed by atoms with Gasteiger partial charge < -0.3 is 15.5 Å². The molecule has 2 aromatic carbocycles. The van der Waals surface area contributed by atoms with Crippen LogP contribution in [0.5, 0.6) is 0 Å². The molecule has 0 aliphatic heterocycles. The fourth-order valence-corrected chi connectivity index (χ4v) is 4.91. The minimum Gasteiger partial charge on any atom is -0.394 e. The molecule has 0 spiro atoms. The van der Waals surface area contributed by atoms with E-state index in [9.17, 15) is 10.2 Å². The Morgan fingerprint density at radius 1 is 1.11 bits per heavy atom. The SMILES string of the molecule is CC(CO)(CO)NCC(c1cccs1)c1cccc2c1Cc1ccc(Cl)cc1-2. The lowest BCUT2D eigenvalue weighted by molar-refractivity contribution is 0.104. The van der Waals surface area contributed by atoms with Gasteiger partial charge in [-0.05, 0) is 64.7 Å². The molecule has 1 aliphatic carbocycles. The molecule has 0 bridgehead atoms. The summed E-state index contributed by atoms with van der Waals surface area (Å²) in [5.41, 5.74) is 5.71. The second-order valence-electron chi connectivity index (χ2n) is 7.68. The zero-order valence-electron chi connectivity index (χ0n) is 15.8. The number of nitrogens with one attached hydrogen (secondary N) is 1. The van der Waals surface area contributed by atoms with E-state index in [0.29, 0.717) is 6.54 Å². The van der Waals surface area contributed by atoms with Crippen LogP contribution in [0.4, 0.5) is 0 Å². The Balaban J connectivity index is 1.73. The van der Waals surface area contributed by atoms with Crippen molar-refractivity contribution in [2.24, 2.45) is 0 Å². The second-order valence-corrected chi connectivity index (χ2v) is 9.09. The first kappa shape index (κ1) is 19.6. The van der Waals surface area contributed by atoms with Crippen molar-refractivity contribution < 1.29 is 10.2 Å². The van der Waals surface area contributed by atoms with Crippen LogP contribution in [0.25, 0.3) is 11.1 Å². The van der Waals surface area contributed by atoms with Crippen LogP contribution in [0.1, 0.15) is 34.4 Å². The summed E-state index contributed by atoms with van der Waals surface area (Å²) >= 11 is 7.99. The van der Waals surface area contributed by atoms with Crippen LogP contribution >= 0.6 is 22.9 Å². The van der Waals surface area contributed by atoms with Crippen LogP contribution in [-0.4, -0.2) is 35.5 Å². The lowest BCUT2D eigenvalue weighted by Gasteiger charge is -2.29. The van der Waals surface area contributed by atoms with Gasteiger partial charge in [0.25, 0.3) is 0 Å². The van der Waals surface area contributed by atoms with Crippen LogP contribution in [-0.2, 0) is 6.42 Å². The summed E-state index contributed by atoms with van der Waals surface area (Å²) in [4.78, 5) is 1.27. The fourth-order valence-electron chi connectivity index (χ4n) is 3.89. The predicted octanol–water partition coefficient (Wildman–Crippen LogP) is 4.44. The van der Waals surface area contributed by atoms with Gasteiger partial charge in [0.2, 0.25) is 0 Å². The molecule has 0 fully saturated rings. The number of hydrogen-bond acceptors (Lipinski definition) is 4. The second kappa shape index (κ2) is 7.97. The smallest absolute Gasteiger partial charge is 0.0633 e. The molecule has 3 N–H and O–H groups in total. The minimum absolute atomic E-state index is 0.114. The summed E-state index contributed by atoms with van der Waals surface area (Å²) in [6.07, 6.45) is 0.900. The highest BCUT2D eigenvalue weighted by atomic mass is 35.5. The molecule has 3 aromatic rings. The van der Waals surface area contributed by atoms with Crippen molar-refractivity contribution >= 4 is 22.9 Å². The monoisotopic (exact) mass is 413 g/mol. The van der Waals surface area contributed by atoms with Gasteiger partial charge in [0.1, 0.15) is 0 Å². The Kier molecular flexibility index (Phi) is 5.59. The van der Waals surface area contributed by atoms with Crippen molar-refractivity contribution in [1.82, 2.24) is 5.32 Å². The first-order valence-electron chi connectivity index (χ1n) is 9.45. The van der Waals surface area contributed by atoms with Crippen LogP contribution in [0.3, 0.4) is 0 Å². The normalized spacial score (nSPS) is 14.0. The molecule has 1 unspecified atom stereocenters. The average Bonchev–Trinajstić information content (AvgIpc) is 3.36. The molecule has 28 heavy (non-hydrogen) atoms. The van der Waals surface area contributed by atoms with Crippen LogP contribution in [0, 0.1) is 0 Å². The maximum Gasteiger partial charge on any atom is 0.0633 e. The van der Waals surface area contributed by atoms with Gasteiger partial charge in [-0.1, -0.05) is 41.9 Å². The van der Waals surface area contributed by atoms with E-state index in [0.717, 1.165) is 11.4 Å². The topological polar surface area (TPSA) is 52.5 Å². The van der Waals surface area contributed by atoms with E-state index in [1.807, 2.05) is 13.0 Å². The maximum atomic E-state index is 9.67. The van der Waals surface area contributed by atoms with Crippen molar-refractivity contribution in [3.05, 3.63) is 80.5 Å². The number of aliphatic hydroxyl groups excluding tert-OH is 2. The van der Waals surface area contributed by atoms with Gasteiger partial charge in [0.15, 0.2) is 0 Å². The average molecular weight is 414 g/mol. The third-order valence-corrected chi connectivity index (χ3v) is 6.86. The molecule has 1 aliphatic rings. The largest absolute Gasteiger partial charge is 0.394 e. The third-order valence-electron chi connectivity index (χ3n) is 5.63. The Morgan fingerprint density at radius 2 is 1.93 bits per heavy atom. The minimum atomic E-state index is -0.704. The maximum absolute atomic E-state index is 9.67. The van der Waals surface area contributed by atoms with Crippen molar-refractivity contribution in [2.45, 2.75) is 24.8 Å². The Labute approximate surface area is 174 Å². The van der Waals surface area contributed by atoms with E-state index in [-0.39, 0.29) is 19.1 Å². The molecular formula is C23H24ClNO2S. The highest BCUT2D eigenvalue weighted by Gasteiger charge is 2.28. The van der Waals surface area contributed by atoms with Gasteiger partial charge in [-0.3, -0.25) is 0 Å². The van der Waals surface area contributed by atoms with Gasteiger partial charge in [0, 0.05) is 22.4 Å². The highest BCUT2D eigenvalue weighted by molar-refractivity contribution is 7.10. The lowest BCUT2D eigenvalue weighted by atomic mass is 9.89. The molecule has 0 saturated heterocycles. The van der Waals surface area contributed by atoms with Crippen molar-refractivity contribution in [2.75, 3.05) is 19.8 Å². The number of halogens is 1.